The highest BCUT2D eigenvalue weighted by atomic mass is 32.2. The van der Waals surface area contributed by atoms with Crippen molar-refractivity contribution in [2.24, 2.45) is 0 Å². The number of aromatic nitrogens is 2. The van der Waals surface area contributed by atoms with Crippen LogP contribution in [0.2, 0.25) is 0 Å². The van der Waals surface area contributed by atoms with Crippen LogP contribution in [-0.4, -0.2) is 55.6 Å². The number of benzene rings is 1. The SMILES string of the molecule is CN1Cc2nc(Cc3ccc(N4CCCCC4)cn3)cc(Nc3ccccc3S(C)(=O)=O)c2C1=O. The van der Waals surface area contributed by atoms with Crippen molar-refractivity contribution in [3.63, 3.8) is 0 Å². The van der Waals surface area contributed by atoms with Crippen LogP contribution in [0.3, 0.4) is 0 Å². The summed E-state index contributed by atoms with van der Waals surface area (Å²) in [5.41, 5.74) is 4.94. The minimum absolute atomic E-state index is 0.137. The van der Waals surface area contributed by atoms with Crippen molar-refractivity contribution in [1.82, 2.24) is 14.9 Å². The second-order valence-corrected chi connectivity index (χ2v) is 11.3. The van der Waals surface area contributed by atoms with Crippen LogP contribution in [0.15, 0.2) is 53.6 Å². The van der Waals surface area contributed by atoms with Crippen molar-refractivity contribution in [2.45, 2.75) is 37.1 Å². The highest BCUT2D eigenvalue weighted by Crippen LogP contribution is 2.33. The van der Waals surface area contributed by atoms with Gasteiger partial charge in [-0.15, -0.1) is 0 Å². The van der Waals surface area contributed by atoms with Crippen molar-refractivity contribution in [2.75, 3.05) is 36.6 Å². The molecule has 1 amide bonds. The number of amides is 1. The average Bonchev–Trinajstić information content (AvgIpc) is 3.13. The number of anilines is 3. The molecular formula is C26H29N5O3S. The second kappa shape index (κ2) is 9.30. The minimum Gasteiger partial charge on any atom is -0.370 e. The van der Waals surface area contributed by atoms with Crippen molar-refractivity contribution < 1.29 is 13.2 Å². The first kappa shape index (κ1) is 23.3. The fourth-order valence-electron chi connectivity index (χ4n) is 4.77. The fraction of sp³-hybridized carbons (Fsp3) is 0.346. The highest BCUT2D eigenvalue weighted by Gasteiger charge is 2.30. The Morgan fingerprint density at radius 2 is 1.77 bits per heavy atom. The average molecular weight is 492 g/mol. The lowest BCUT2D eigenvalue weighted by molar-refractivity contribution is 0.0817. The quantitative estimate of drug-likeness (QED) is 0.560. The molecule has 0 aliphatic carbocycles. The summed E-state index contributed by atoms with van der Waals surface area (Å²) in [6.07, 6.45) is 7.32. The molecule has 2 aliphatic heterocycles. The summed E-state index contributed by atoms with van der Waals surface area (Å²) in [6.45, 7) is 2.55. The maximum atomic E-state index is 12.9. The zero-order valence-corrected chi connectivity index (χ0v) is 20.8. The third kappa shape index (κ3) is 4.86. The smallest absolute Gasteiger partial charge is 0.257 e. The molecule has 3 aromatic rings. The van der Waals surface area contributed by atoms with Gasteiger partial charge in [-0.2, -0.15) is 0 Å². The van der Waals surface area contributed by atoms with Gasteiger partial charge >= 0.3 is 0 Å². The Labute approximate surface area is 205 Å². The summed E-state index contributed by atoms with van der Waals surface area (Å²) in [5.74, 6) is -0.137. The number of fused-ring (bicyclic) bond motifs is 1. The number of nitrogens with one attached hydrogen (secondary N) is 1. The summed E-state index contributed by atoms with van der Waals surface area (Å²) in [6, 6.07) is 12.7. The summed E-state index contributed by atoms with van der Waals surface area (Å²) in [5, 5.41) is 3.21. The van der Waals surface area contributed by atoms with Crippen molar-refractivity contribution in [1.29, 1.82) is 0 Å². The molecule has 0 radical (unpaired) electrons. The molecule has 0 saturated carbocycles. The van der Waals surface area contributed by atoms with Crippen LogP contribution < -0.4 is 10.2 Å². The molecule has 0 spiro atoms. The van der Waals surface area contributed by atoms with E-state index in [1.165, 1.54) is 25.5 Å². The molecule has 182 valence electrons. The Hall–Kier alpha value is -3.46. The van der Waals surface area contributed by atoms with Gasteiger partial charge in [0.05, 0.1) is 46.0 Å². The van der Waals surface area contributed by atoms with Crippen LogP contribution in [0.25, 0.3) is 0 Å². The predicted molar refractivity (Wildman–Crippen MR) is 136 cm³/mol. The zero-order valence-electron chi connectivity index (χ0n) is 20.0. The van der Waals surface area contributed by atoms with E-state index in [0.29, 0.717) is 35.6 Å². The maximum absolute atomic E-state index is 12.9. The Balaban J connectivity index is 1.46. The van der Waals surface area contributed by atoms with E-state index in [4.69, 9.17) is 4.98 Å². The normalized spacial score (nSPS) is 15.9. The van der Waals surface area contributed by atoms with E-state index in [1.54, 1.807) is 36.2 Å². The van der Waals surface area contributed by atoms with Crippen LogP contribution in [0, 0.1) is 0 Å². The number of nitrogens with zero attached hydrogens (tertiary/aromatic N) is 4. The Bertz CT molecular complexity index is 1370. The molecule has 2 aromatic heterocycles. The van der Waals surface area contributed by atoms with E-state index >= 15 is 0 Å². The molecule has 0 unspecified atom stereocenters. The number of carbonyl (C=O) groups excluding carboxylic acids is 1. The first-order valence-corrected chi connectivity index (χ1v) is 13.7. The molecule has 0 atom stereocenters. The molecular weight excluding hydrogens is 462 g/mol. The van der Waals surface area contributed by atoms with Crippen molar-refractivity contribution >= 4 is 32.8 Å². The monoisotopic (exact) mass is 491 g/mol. The summed E-state index contributed by atoms with van der Waals surface area (Å²) in [7, 11) is -1.72. The molecule has 1 saturated heterocycles. The number of sulfone groups is 1. The second-order valence-electron chi connectivity index (χ2n) is 9.27. The van der Waals surface area contributed by atoms with Crippen LogP contribution in [0.4, 0.5) is 17.1 Å². The van der Waals surface area contributed by atoms with Crippen LogP contribution in [0.1, 0.15) is 46.7 Å². The maximum Gasteiger partial charge on any atom is 0.257 e. The molecule has 5 rings (SSSR count). The van der Waals surface area contributed by atoms with Crippen molar-refractivity contribution in [3.8, 4) is 0 Å². The number of hydrogen-bond acceptors (Lipinski definition) is 7. The molecule has 1 fully saturated rings. The lowest BCUT2D eigenvalue weighted by atomic mass is 10.1. The van der Waals surface area contributed by atoms with E-state index in [0.717, 1.165) is 30.2 Å². The van der Waals surface area contributed by atoms with Gasteiger partial charge in [-0.25, -0.2) is 8.42 Å². The lowest BCUT2D eigenvalue weighted by Crippen LogP contribution is -2.29. The first-order chi connectivity index (χ1) is 16.8. The predicted octanol–water partition coefficient (Wildman–Crippen LogP) is 3.79. The lowest BCUT2D eigenvalue weighted by Gasteiger charge is -2.28. The Morgan fingerprint density at radius 1 is 1.00 bits per heavy atom. The molecule has 4 heterocycles. The number of para-hydroxylation sites is 1. The molecule has 1 N–H and O–H groups in total. The van der Waals surface area contributed by atoms with Gasteiger partial charge in [-0.05, 0) is 49.6 Å². The molecule has 0 bridgehead atoms. The number of piperidine rings is 1. The number of hydrogen-bond donors (Lipinski definition) is 1. The van der Waals surface area contributed by atoms with Crippen LogP contribution >= 0.6 is 0 Å². The third-order valence-corrected chi connectivity index (χ3v) is 7.70. The van der Waals surface area contributed by atoms with E-state index in [2.05, 4.69) is 21.3 Å². The molecule has 1 aromatic carbocycles. The molecule has 35 heavy (non-hydrogen) atoms. The van der Waals surface area contributed by atoms with Gasteiger partial charge in [-0.1, -0.05) is 12.1 Å². The Kier molecular flexibility index (Phi) is 6.19. The standard InChI is InChI=1S/C26H29N5O3S/c1-30-17-23-25(26(30)32)22(29-21-8-4-5-9-24(21)35(2,33)34)15-19(28-23)14-18-10-11-20(16-27-18)31-12-6-3-7-13-31/h4-5,8-11,15-16H,3,6-7,12-14,17H2,1-2H3,(H,28,29). The van der Waals surface area contributed by atoms with E-state index < -0.39 is 9.84 Å². The minimum atomic E-state index is -3.45. The van der Waals surface area contributed by atoms with Gasteiger partial charge in [0.15, 0.2) is 9.84 Å². The Morgan fingerprint density at radius 3 is 2.49 bits per heavy atom. The summed E-state index contributed by atoms with van der Waals surface area (Å²) in [4.78, 5) is 26.5. The van der Waals surface area contributed by atoms with E-state index in [-0.39, 0.29) is 10.8 Å². The van der Waals surface area contributed by atoms with E-state index in [1.807, 2.05) is 18.3 Å². The van der Waals surface area contributed by atoms with Crippen LogP contribution in [-0.2, 0) is 22.8 Å². The van der Waals surface area contributed by atoms with Gasteiger partial charge in [0, 0.05) is 44.2 Å². The van der Waals surface area contributed by atoms with E-state index in [9.17, 15) is 13.2 Å². The first-order valence-electron chi connectivity index (χ1n) is 11.8. The molecule has 9 heteroatoms. The topological polar surface area (TPSA) is 95.5 Å². The number of pyridine rings is 2. The summed E-state index contributed by atoms with van der Waals surface area (Å²) < 4.78 is 24.6. The van der Waals surface area contributed by atoms with Gasteiger partial charge in [0.1, 0.15) is 0 Å². The number of carbonyl (C=O) groups is 1. The largest absolute Gasteiger partial charge is 0.370 e. The van der Waals surface area contributed by atoms with Gasteiger partial charge in [-0.3, -0.25) is 14.8 Å². The van der Waals surface area contributed by atoms with Gasteiger partial charge in [0.25, 0.3) is 5.91 Å². The summed E-state index contributed by atoms with van der Waals surface area (Å²) >= 11 is 0. The zero-order chi connectivity index (χ0) is 24.6. The van der Waals surface area contributed by atoms with Gasteiger partial charge in [0.2, 0.25) is 0 Å². The highest BCUT2D eigenvalue weighted by molar-refractivity contribution is 7.90. The van der Waals surface area contributed by atoms with Crippen molar-refractivity contribution in [3.05, 3.63) is 71.3 Å². The molecule has 2 aliphatic rings. The number of rotatable bonds is 6. The fourth-order valence-corrected chi connectivity index (χ4v) is 5.61. The van der Waals surface area contributed by atoms with Gasteiger partial charge < -0.3 is 15.1 Å². The van der Waals surface area contributed by atoms with Crippen LogP contribution in [0.5, 0.6) is 0 Å². The third-order valence-electron chi connectivity index (χ3n) is 6.54. The molecule has 8 nitrogen and oxygen atoms in total.